The second kappa shape index (κ2) is 8.30. The fourth-order valence-corrected chi connectivity index (χ4v) is 3.73. The molecule has 1 aliphatic heterocycles. The van der Waals surface area contributed by atoms with Crippen LogP contribution in [0.4, 0.5) is 5.69 Å². The van der Waals surface area contributed by atoms with Crippen LogP contribution in [-0.2, 0) is 0 Å². The number of aryl methyl sites for hydroxylation is 1. The molecule has 3 aromatic carbocycles. The lowest BCUT2D eigenvalue weighted by Crippen LogP contribution is -2.42. The highest BCUT2D eigenvalue weighted by atomic mass is 16.2. The number of hydrogen-bond acceptors (Lipinski definition) is 2. The van der Waals surface area contributed by atoms with Gasteiger partial charge in [0.05, 0.1) is 0 Å². The molecule has 28 heavy (non-hydrogen) atoms. The van der Waals surface area contributed by atoms with Crippen LogP contribution in [-0.4, -0.2) is 29.9 Å². The van der Waals surface area contributed by atoms with Crippen molar-refractivity contribution in [3.05, 3.63) is 90.0 Å². The molecule has 4 rings (SSSR count). The average molecular weight is 370 g/mol. The number of amides is 1. The van der Waals surface area contributed by atoms with Crippen LogP contribution in [0.15, 0.2) is 78.9 Å². The first kappa shape index (κ1) is 18.3. The minimum Gasteiger partial charge on any atom is -0.382 e. The highest BCUT2D eigenvalue weighted by Crippen LogP contribution is 2.22. The molecule has 0 saturated carbocycles. The molecule has 1 N–H and O–H groups in total. The van der Waals surface area contributed by atoms with Gasteiger partial charge in [0.1, 0.15) is 0 Å². The van der Waals surface area contributed by atoms with Gasteiger partial charge in [0.15, 0.2) is 0 Å². The van der Waals surface area contributed by atoms with Gasteiger partial charge in [0.25, 0.3) is 5.91 Å². The van der Waals surface area contributed by atoms with Gasteiger partial charge in [-0.1, -0.05) is 60.2 Å². The third-order valence-electron chi connectivity index (χ3n) is 5.44. The number of nitrogens with zero attached hydrogens (tertiary/aromatic N) is 1. The Morgan fingerprint density at radius 3 is 2.07 bits per heavy atom. The van der Waals surface area contributed by atoms with Crippen LogP contribution < -0.4 is 5.32 Å². The van der Waals surface area contributed by atoms with Gasteiger partial charge in [-0.3, -0.25) is 4.79 Å². The van der Waals surface area contributed by atoms with Crippen LogP contribution >= 0.6 is 0 Å². The zero-order chi connectivity index (χ0) is 19.3. The van der Waals surface area contributed by atoms with Crippen molar-refractivity contribution in [2.24, 2.45) is 0 Å². The molecule has 3 nitrogen and oxygen atoms in total. The molecule has 1 fully saturated rings. The highest BCUT2D eigenvalue weighted by molar-refractivity contribution is 5.94. The fourth-order valence-electron chi connectivity index (χ4n) is 3.73. The first-order valence-corrected chi connectivity index (χ1v) is 9.97. The monoisotopic (exact) mass is 370 g/mol. The van der Waals surface area contributed by atoms with Crippen molar-refractivity contribution in [1.82, 2.24) is 4.90 Å². The minimum absolute atomic E-state index is 0.133. The summed E-state index contributed by atoms with van der Waals surface area (Å²) in [5, 5.41) is 3.59. The van der Waals surface area contributed by atoms with E-state index in [0.717, 1.165) is 42.7 Å². The molecular formula is C25H26N2O. The molecule has 3 aromatic rings. The van der Waals surface area contributed by atoms with E-state index in [4.69, 9.17) is 0 Å². The van der Waals surface area contributed by atoms with Crippen molar-refractivity contribution in [1.29, 1.82) is 0 Å². The van der Waals surface area contributed by atoms with E-state index in [1.165, 1.54) is 11.1 Å². The largest absolute Gasteiger partial charge is 0.382 e. The van der Waals surface area contributed by atoms with Gasteiger partial charge in [-0.2, -0.15) is 0 Å². The Morgan fingerprint density at radius 2 is 1.43 bits per heavy atom. The third-order valence-corrected chi connectivity index (χ3v) is 5.44. The zero-order valence-corrected chi connectivity index (χ0v) is 16.3. The lowest BCUT2D eigenvalue weighted by molar-refractivity contribution is 0.0718. The van der Waals surface area contributed by atoms with Gasteiger partial charge >= 0.3 is 0 Å². The van der Waals surface area contributed by atoms with Crippen molar-refractivity contribution >= 4 is 11.6 Å². The van der Waals surface area contributed by atoms with Crippen LogP contribution in [0.3, 0.4) is 0 Å². The number of benzene rings is 3. The molecule has 1 saturated heterocycles. The van der Waals surface area contributed by atoms with Gasteiger partial charge in [0, 0.05) is 30.4 Å². The maximum Gasteiger partial charge on any atom is 0.253 e. The van der Waals surface area contributed by atoms with E-state index < -0.39 is 0 Å². The standard InChI is InChI=1S/C25H26N2O/c1-19-7-13-23(14-8-19)26-24-15-17-27(18-16-24)25(28)22-11-9-21(10-12-22)20-5-3-2-4-6-20/h2-14,24,26H,15-18H2,1H3. The Bertz CT molecular complexity index is 909. The van der Waals surface area contributed by atoms with Crippen molar-refractivity contribution in [3.63, 3.8) is 0 Å². The van der Waals surface area contributed by atoms with E-state index in [-0.39, 0.29) is 5.91 Å². The summed E-state index contributed by atoms with van der Waals surface area (Å²) in [5.41, 5.74) is 5.50. The Balaban J connectivity index is 1.34. The summed E-state index contributed by atoms with van der Waals surface area (Å²) in [6, 6.07) is 27.1. The first-order valence-electron chi connectivity index (χ1n) is 9.97. The zero-order valence-electron chi connectivity index (χ0n) is 16.3. The van der Waals surface area contributed by atoms with E-state index in [1.54, 1.807) is 0 Å². The van der Waals surface area contributed by atoms with Crippen LogP contribution in [0.1, 0.15) is 28.8 Å². The van der Waals surface area contributed by atoms with Crippen molar-refractivity contribution < 1.29 is 4.79 Å². The number of hydrogen-bond donors (Lipinski definition) is 1. The predicted molar refractivity (Wildman–Crippen MR) is 116 cm³/mol. The Kier molecular flexibility index (Phi) is 5.43. The van der Waals surface area contributed by atoms with E-state index in [1.807, 2.05) is 47.4 Å². The Labute approximate surface area is 167 Å². The molecule has 3 heteroatoms. The molecule has 0 spiro atoms. The molecule has 0 atom stereocenters. The van der Waals surface area contributed by atoms with E-state index in [0.29, 0.717) is 6.04 Å². The van der Waals surface area contributed by atoms with Crippen molar-refractivity contribution in [2.75, 3.05) is 18.4 Å². The number of carbonyl (C=O) groups excluding carboxylic acids is 1. The summed E-state index contributed by atoms with van der Waals surface area (Å²) in [4.78, 5) is 14.8. The minimum atomic E-state index is 0.133. The van der Waals surface area contributed by atoms with Crippen LogP contribution in [0.2, 0.25) is 0 Å². The highest BCUT2D eigenvalue weighted by Gasteiger charge is 2.23. The molecular weight excluding hydrogens is 344 g/mol. The Morgan fingerprint density at radius 1 is 0.821 bits per heavy atom. The second-order valence-electron chi connectivity index (χ2n) is 7.52. The number of piperidine rings is 1. The smallest absolute Gasteiger partial charge is 0.253 e. The van der Waals surface area contributed by atoms with Gasteiger partial charge < -0.3 is 10.2 Å². The maximum absolute atomic E-state index is 12.9. The summed E-state index contributed by atoms with van der Waals surface area (Å²) in [6.45, 7) is 3.69. The lowest BCUT2D eigenvalue weighted by atomic mass is 10.0. The average Bonchev–Trinajstić information content (AvgIpc) is 2.76. The van der Waals surface area contributed by atoms with E-state index in [9.17, 15) is 4.79 Å². The molecule has 0 aliphatic carbocycles. The second-order valence-corrected chi connectivity index (χ2v) is 7.52. The molecule has 0 aromatic heterocycles. The van der Waals surface area contributed by atoms with Crippen molar-refractivity contribution in [2.45, 2.75) is 25.8 Å². The predicted octanol–water partition coefficient (Wildman–Crippen LogP) is 5.38. The maximum atomic E-state index is 12.9. The quantitative estimate of drug-likeness (QED) is 0.669. The van der Waals surface area contributed by atoms with E-state index in [2.05, 4.69) is 48.6 Å². The van der Waals surface area contributed by atoms with Crippen LogP contribution in [0.25, 0.3) is 11.1 Å². The summed E-state index contributed by atoms with van der Waals surface area (Å²) >= 11 is 0. The Hall–Kier alpha value is -3.07. The number of anilines is 1. The lowest BCUT2D eigenvalue weighted by Gasteiger charge is -2.33. The summed E-state index contributed by atoms with van der Waals surface area (Å²) < 4.78 is 0. The summed E-state index contributed by atoms with van der Waals surface area (Å²) in [5.74, 6) is 0.133. The number of rotatable bonds is 4. The van der Waals surface area contributed by atoms with Crippen LogP contribution in [0, 0.1) is 6.92 Å². The summed E-state index contributed by atoms with van der Waals surface area (Å²) in [6.07, 6.45) is 1.95. The topological polar surface area (TPSA) is 32.3 Å². The third kappa shape index (κ3) is 4.25. The molecule has 0 bridgehead atoms. The molecule has 0 unspecified atom stereocenters. The first-order chi connectivity index (χ1) is 13.7. The van der Waals surface area contributed by atoms with Crippen molar-refractivity contribution in [3.8, 4) is 11.1 Å². The van der Waals surface area contributed by atoms with E-state index >= 15 is 0 Å². The summed E-state index contributed by atoms with van der Waals surface area (Å²) in [7, 11) is 0. The normalized spacial score (nSPS) is 14.7. The van der Waals surface area contributed by atoms with Gasteiger partial charge in [-0.05, 0) is 55.2 Å². The SMILES string of the molecule is Cc1ccc(NC2CCN(C(=O)c3ccc(-c4ccccc4)cc3)CC2)cc1. The molecule has 142 valence electrons. The molecule has 1 heterocycles. The van der Waals surface area contributed by atoms with Crippen LogP contribution in [0.5, 0.6) is 0 Å². The van der Waals surface area contributed by atoms with Gasteiger partial charge in [0.2, 0.25) is 0 Å². The molecule has 0 radical (unpaired) electrons. The number of nitrogens with one attached hydrogen (secondary N) is 1. The van der Waals surface area contributed by atoms with Gasteiger partial charge in [-0.15, -0.1) is 0 Å². The number of likely N-dealkylation sites (tertiary alicyclic amines) is 1. The fraction of sp³-hybridized carbons (Fsp3) is 0.240. The molecule has 1 aliphatic rings. The van der Waals surface area contributed by atoms with Gasteiger partial charge in [-0.25, -0.2) is 0 Å². The number of carbonyl (C=O) groups is 1. The molecule has 1 amide bonds.